The van der Waals surface area contributed by atoms with Crippen LogP contribution in [0, 0.1) is 6.92 Å². The molecule has 2 aromatic rings. The van der Waals surface area contributed by atoms with E-state index in [1.807, 2.05) is 50.2 Å². The minimum absolute atomic E-state index is 0.106. The number of nitrogens with zero attached hydrogens (tertiary/aromatic N) is 2. The Morgan fingerprint density at radius 2 is 1.68 bits per heavy atom. The third-order valence-corrected chi connectivity index (χ3v) is 5.09. The number of carbonyl (C=O) groups excluding carboxylic acids is 2. The molecule has 1 fully saturated rings. The fourth-order valence-corrected chi connectivity index (χ4v) is 3.40. The second kappa shape index (κ2) is 8.17. The van der Waals surface area contributed by atoms with Gasteiger partial charge in [0.2, 0.25) is 0 Å². The van der Waals surface area contributed by atoms with Gasteiger partial charge in [-0.2, -0.15) is 0 Å². The molecule has 146 valence electrons. The Morgan fingerprint density at radius 3 is 2.25 bits per heavy atom. The minimum Gasteiger partial charge on any atom is -0.507 e. The number of aliphatic hydroxyl groups excluding tert-OH is 1. The maximum absolute atomic E-state index is 12.8. The van der Waals surface area contributed by atoms with Gasteiger partial charge in [0.1, 0.15) is 5.76 Å². The highest BCUT2D eigenvalue weighted by Gasteiger charge is 2.45. The van der Waals surface area contributed by atoms with Crippen LogP contribution in [0.15, 0.2) is 54.1 Å². The fraction of sp³-hybridized carbons (Fsp3) is 0.273. The fourth-order valence-electron chi connectivity index (χ4n) is 3.28. The van der Waals surface area contributed by atoms with Crippen LogP contribution < -0.4 is 0 Å². The molecule has 0 aliphatic carbocycles. The van der Waals surface area contributed by atoms with E-state index in [1.165, 1.54) is 4.90 Å². The number of Topliss-reactive ketones (excluding diaryl/α,β-unsaturated/α-hetero) is 1. The molecule has 5 nitrogen and oxygen atoms in total. The molecule has 2 aromatic carbocycles. The van der Waals surface area contributed by atoms with Gasteiger partial charge in [-0.15, -0.1) is 0 Å². The third-order valence-electron chi connectivity index (χ3n) is 4.84. The highest BCUT2D eigenvalue weighted by atomic mass is 35.5. The van der Waals surface area contributed by atoms with Gasteiger partial charge in [0.15, 0.2) is 0 Å². The normalized spacial score (nSPS) is 18.9. The Kier molecular flexibility index (Phi) is 5.87. The summed E-state index contributed by atoms with van der Waals surface area (Å²) in [5, 5.41) is 11.4. The van der Waals surface area contributed by atoms with Crippen molar-refractivity contribution in [3.63, 3.8) is 0 Å². The Morgan fingerprint density at radius 1 is 1.07 bits per heavy atom. The van der Waals surface area contributed by atoms with Crippen molar-refractivity contribution in [1.29, 1.82) is 0 Å². The van der Waals surface area contributed by atoms with Crippen LogP contribution in [0.3, 0.4) is 0 Å². The molecule has 0 unspecified atom stereocenters. The first-order valence-corrected chi connectivity index (χ1v) is 9.43. The molecule has 1 N–H and O–H groups in total. The first-order valence-electron chi connectivity index (χ1n) is 9.05. The first kappa shape index (κ1) is 20.1. The van der Waals surface area contributed by atoms with E-state index in [-0.39, 0.29) is 11.3 Å². The zero-order valence-corrected chi connectivity index (χ0v) is 16.9. The lowest BCUT2D eigenvalue weighted by atomic mass is 9.95. The summed E-state index contributed by atoms with van der Waals surface area (Å²) in [6.07, 6.45) is 0. The van der Waals surface area contributed by atoms with Crippen molar-refractivity contribution in [3.05, 3.63) is 75.8 Å². The first-order chi connectivity index (χ1) is 13.3. The molecule has 1 heterocycles. The molecule has 0 bridgehead atoms. The predicted octanol–water partition coefficient (Wildman–Crippen LogP) is 3.63. The summed E-state index contributed by atoms with van der Waals surface area (Å²) in [4.78, 5) is 29.1. The number of aliphatic hydroxyl groups is 1. The Bertz CT molecular complexity index is 918. The summed E-state index contributed by atoms with van der Waals surface area (Å²) in [6.45, 7) is 2.96. The number of halogens is 1. The second-order valence-electron chi connectivity index (χ2n) is 7.21. The van der Waals surface area contributed by atoms with Gasteiger partial charge >= 0.3 is 0 Å². The van der Waals surface area contributed by atoms with Crippen LogP contribution in [-0.4, -0.2) is 53.8 Å². The number of carbonyl (C=O) groups is 2. The molecular weight excluding hydrogens is 376 g/mol. The highest BCUT2D eigenvalue weighted by molar-refractivity contribution is 6.46. The van der Waals surface area contributed by atoms with E-state index in [4.69, 9.17) is 11.6 Å². The van der Waals surface area contributed by atoms with Gasteiger partial charge in [-0.25, -0.2) is 0 Å². The molecule has 1 amide bonds. The summed E-state index contributed by atoms with van der Waals surface area (Å²) in [7, 11) is 3.82. The van der Waals surface area contributed by atoms with Crippen LogP contribution in [0.2, 0.25) is 5.02 Å². The van der Waals surface area contributed by atoms with Crippen LogP contribution in [0.25, 0.3) is 5.76 Å². The van der Waals surface area contributed by atoms with Gasteiger partial charge in [-0.1, -0.05) is 41.4 Å². The number of likely N-dealkylation sites (N-methyl/N-ethyl adjacent to an activating group) is 1. The average Bonchev–Trinajstić information content (AvgIpc) is 2.91. The summed E-state index contributed by atoms with van der Waals surface area (Å²) in [5.41, 5.74) is 2.42. The maximum Gasteiger partial charge on any atom is 0.295 e. The third kappa shape index (κ3) is 3.96. The number of ketones is 1. The van der Waals surface area contributed by atoms with E-state index >= 15 is 0 Å². The highest BCUT2D eigenvalue weighted by Crippen LogP contribution is 2.39. The Labute approximate surface area is 169 Å². The largest absolute Gasteiger partial charge is 0.507 e. The molecule has 0 radical (unpaired) electrons. The molecule has 0 aromatic heterocycles. The van der Waals surface area contributed by atoms with Crippen molar-refractivity contribution in [3.8, 4) is 0 Å². The van der Waals surface area contributed by atoms with Crippen molar-refractivity contribution in [2.24, 2.45) is 0 Å². The minimum atomic E-state index is -0.670. The Hall–Kier alpha value is -2.63. The van der Waals surface area contributed by atoms with Gasteiger partial charge in [0.25, 0.3) is 11.7 Å². The monoisotopic (exact) mass is 398 g/mol. The van der Waals surface area contributed by atoms with Crippen molar-refractivity contribution in [1.82, 2.24) is 9.80 Å². The molecule has 1 aliphatic heterocycles. The molecule has 28 heavy (non-hydrogen) atoms. The second-order valence-corrected chi connectivity index (χ2v) is 7.65. The molecule has 6 heteroatoms. The quantitative estimate of drug-likeness (QED) is 0.474. The SMILES string of the molecule is Cc1ccc([C@@H]2C(=C(O)c3ccc(Cl)cc3)C(=O)C(=O)N2CCN(C)C)cc1. The maximum atomic E-state index is 12.8. The molecule has 1 saturated heterocycles. The van der Waals surface area contributed by atoms with Gasteiger partial charge in [0, 0.05) is 23.7 Å². The zero-order valence-electron chi connectivity index (χ0n) is 16.1. The van der Waals surface area contributed by atoms with Crippen LogP contribution in [-0.2, 0) is 9.59 Å². The summed E-state index contributed by atoms with van der Waals surface area (Å²) in [6, 6.07) is 13.6. The van der Waals surface area contributed by atoms with Gasteiger partial charge < -0.3 is 14.9 Å². The number of hydrogen-bond acceptors (Lipinski definition) is 4. The molecule has 0 saturated carbocycles. The molecule has 3 rings (SSSR count). The smallest absolute Gasteiger partial charge is 0.295 e. The van der Waals surface area contributed by atoms with E-state index in [0.717, 1.165) is 11.1 Å². The average molecular weight is 399 g/mol. The van der Waals surface area contributed by atoms with Crippen molar-refractivity contribution >= 4 is 29.1 Å². The summed E-state index contributed by atoms with van der Waals surface area (Å²) in [5.74, 6) is -1.45. The van der Waals surface area contributed by atoms with Crippen molar-refractivity contribution in [2.45, 2.75) is 13.0 Å². The van der Waals surface area contributed by atoms with E-state index in [0.29, 0.717) is 23.7 Å². The molecular formula is C22H23ClN2O3. The summed E-state index contributed by atoms with van der Waals surface area (Å²) < 4.78 is 0. The van der Waals surface area contributed by atoms with Crippen molar-refractivity contribution in [2.75, 3.05) is 27.2 Å². The molecule has 0 spiro atoms. The van der Waals surface area contributed by atoms with Crippen molar-refractivity contribution < 1.29 is 14.7 Å². The van der Waals surface area contributed by atoms with Crippen LogP contribution >= 0.6 is 11.6 Å². The lowest BCUT2D eigenvalue weighted by Gasteiger charge is -2.26. The van der Waals surface area contributed by atoms with E-state index in [2.05, 4.69) is 0 Å². The number of likely N-dealkylation sites (tertiary alicyclic amines) is 1. The van der Waals surface area contributed by atoms with Gasteiger partial charge in [-0.05, 0) is 50.8 Å². The number of benzene rings is 2. The number of aryl methyl sites for hydroxylation is 1. The zero-order chi connectivity index (χ0) is 20.4. The lowest BCUT2D eigenvalue weighted by Crippen LogP contribution is -2.35. The lowest BCUT2D eigenvalue weighted by molar-refractivity contribution is -0.140. The van der Waals surface area contributed by atoms with Crippen LogP contribution in [0.5, 0.6) is 0 Å². The van der Waals surface area contributed by atoms with E-state index < -0.39 is 17.7 Å². The number of hydrogen-bond donors (Lipinski definition) is 1. The van der Waals surface area contributed by atoms with E-state index in [1.54, 1.807) is 24.3 Å². The van der Waals surface area contributed by atoms with E-state index in [9.17, 15) is 14.7 Å². The topological polar surface area (TPSA) is 60.9 Å². The molecule has 1 atom stereocenters. The van der Waals surface area contributed by atoms with Gasteiger partial charge in [0.05, 0.1) is 11.6 Å². The number of amides is 1. The molecule has 1 aliphatic rings. The predicted molar refractivity (Wildman–Crippen MR) is 110 cm³/mol. The number of rotatable bonds is 5. The van der Waals surface area contributed by atoms with Crippen LogP contribution in [0.1, 0.15) is 22.7 Å². The van der Waals surface area contributed by atoms with Crippen LogP contribution in [0.4, 0.5) is 0 Å². The Balaban J connectivity index is 2.13. The standard InChI is InChI=1S/C22H23ClN2O3/c1-14-4-6-15(7-5-14)19-18(20(26)16-8-10-17(23)11-9-16)21(27)22(28)25(19)13-12-24(2)3/h4-11,19,26H,12-13H2,1-3H3/t19-/m1/s1. The van der Waals surface area contributed by atoms with Gasteiger partial charge in [-0.3, -0.25) is 9.59 Å². The summed E-state index contributed by atoms with van der Waals surface area (Å²) >= 11 is 5.93.